The number of halogens is 1. The van der Waals surface area contributed by atoms with Gasteiger partial charge in [0.1, 0.15) is 0 Å². The molecule has 6 nitrogen and oxygen atoms in total. The lowest BCUT2D eigenvalue weighted by Crippen LogP contribution is -2.03. The lowest BCUT2D eigenvalue weighted by Gasteiger charge is -2.09. The Kier molecular flexibility index (Phi) is 4.11. The molecule has 0 unspecified atom stereocenters. The van der Waals surface area contributed by atoms with Crippen molar-refractivity contribution in [1.82, 2.24) is 19.9 Å². The highest BCUT2D eigenvalue weighted by Gasteiger charge is 2.10. The molecular weight excluding hydrogens is 266 g/mol. The Bertz CT molecular complexity index is 590. The summed E-state index contributed by atoms with van der Waals surface area (Å²) in [5, 5.41) is 2.87. The molecule has 0 radical (unpaired) electrons. The normalized spacial score (nSPS) is 10.3. The first kappa shape index (κ1) is 13.5. The minimum atomic E-state index is 0.0764. The maximum absolute atomic E-state index is 5.80. The van der Waals surface area contributed by atoms with E-state index in [4.69, 9.17) is 16.3 Å². The number of hydrogen-bond donors (Lipinski definition) is 1. The van der Waals surface area contributed by atoms with Crippen LogP contribution in [-0.4, -0.2) is 27.0 Å². The number of ether oxygens (including phenoxy) is 1. The third-order valence-corrected chi connectivity index (χ3v) is 2.59. The van der Waals surface area contributed by atoms with Gasteiger partial charge >= 0.3 is 6.01 Å². The van der Waals surface area contributed by atoms with Crippen molar-refractivity contribution in [3.05, 3.63) is 28.8 Å². The van der Waals surface area contributed by atoms with Crippen LogP contribution in [0, 0.1) is 6.92 Å². The van der Waals surface area contributed by atoms with Crippen LogP contribution in [0.1, 0.15) is 18.3 Å². The fourth-order valence-corrected chi connectivity index (χ4v) is 1.68. The summed E-state index contributed by atoms with van der Waals surface area (Å²) in [6, 6.07) is 3.86. The minimum Gasteiger partial charge on any atom is -0.422 e. The molecule has 0 saturated heterocycles. The maximum Gasteiger partial charge on any atom is 0.328 e. The van der Waals surface area contributed by atoms with Crippen LogP contribution in [0.3, 0.4) is 0 Å². The van der Waals surface area contributed by atoms with Crippen LogP contribution in [0.15, 0.2) is 12.1 Å². The highest BCUT2D eigenvalue weighted by molar-refractivity contribution is 6.28. The van der Waals surface area contributed by atoms with E-state index in [0.717, 1.165) is 17.8 Å². The summed E-state index contributed by atoms with van der Waals surface area (Å²) < 4.78 is 5.63. The summed E-state index contributed by atoms with van der Waals surface area (Å²) in [7, 11) is 1.69. The van der Waals surface area contributed by atoms with Gasteiger partial charge in [0.2, 0.25) is 11.2 Å². The van der Waals surface area contributed by atoms with Crippen molar-refractivity contribution in [3.8, 4) is 11.8 Å². The van der Waals surface area contributed by atoms with Crippen molar-refractivity contribution in [2.75, 3.05) is 12.4 Å². The third-order valence-electron chi connectivity index (χ3n) is 2.42. The summed E-state index contributed by atoms with van der Waals surface area (Å²) in [4.78, 5) is 16.3. The molecule has 0 spiro atoms. The summed E-state index contributed by atoms with van der Waals surface area (Å²) in [5.74, 6) is 0.977. The van der Waals surface area contributed by atoms with Gasteiger partial charge < -0.3 is 10.1 Å². The Morgan fingerprint density at radius 1 is 1.21 bits per heavy atom. The quantitative estimate of drug-likeness (QED) is 0.927. The second-order valence-corrected chi connectivity index (χ2v) is 4.15. The standard InChI is InChI=1S/C12H14ClN5O/c1-4-8-9(6-5-7(2)15-8)19-12-17-10(13)16-11(14-3)18-12/h5-6H,4H2,1-3H3,(H,14,16,17,18). The lowest BCUT2D eigenvalue weighted by atomic mass is 10.2. The second kappa shape index (κ2) is 5.79. The fourth-order valence-electron chi connectivity index (χ4n) is 1.53. The molecule has 0 aliphatic heterocycles. The van der Waals surface area contributed by atoms with Crippen LogP contribution in [-0.2, 0) is 6.42 Å². The van der Waals surface area contributed by atoms with Gasteiger partial charge in [-0.05, 0) is 37.1 Å². The zero-order valence-electron chi connectivity index (χ0n) is 10.9. The van der Waals surface area contributed by atoms with Crippen molar-refractivity contribution >= 4 is 17.5 Å². The Labute approximate surface area is 116 Å². The number of aryl methyl sites for hydroxylation is 2. The molecule has 2 rings (SSSR count). The summed E-state index contributed by atoms with van der Waals surface area (Å²) in [6.45, 7) is 3.94. The van der Waals surface area contributed by atoms with E-state index in [1.807, 2.05) is 26.0 Å². The van der Waals surface area contributed by atoms with Gasteiger partial charge in [0.05, 0.1) is 5.69 Å². The molecule has 2 heterocycles. The van der Waals surface area contributed by atoms with E-state index in [9.17, 15) is 0 Å². The molecule has 0 aromatic carbocycles. The molecule has 2 aromatic heterocycles. The molecule has 0 atom stereocenters. The van der Waals surface area contributed by atoms with Crippen LogP contribution in [0.5, 0.6) is 11.8 Å². The first-order valence-corrected chi connectivity index (χ1v) is 6.24. The number of rotatable bonds is 4. The monoisotopic (exact) mass is 279 g/mol. The van der Waals surface area contributed by atoms with E-state index in [1.54, 1.807) is 7.05 Å². The van der Waals surface area contributed by atoms with E-state index in [1.165, 1.54) is 0 Å². The smallest absolute Gasteiger partial charge is 0.328 e. The van der Waals surface area contributed by atoms with Gasteiger partial charge in [0.25, 0.3) is 0 Å². The Hall–Kier alpha value is -1.95. The molecule has 2 aromatic rings. The van der Waals surface area contributed by atoms with Gasteiger partial charge in [0.15, 0.2) is 5.75 Å². The van der Waals surface area contributed by atoms with Crippen LogP contribution in [0.2, 0.25) is 5.28 Å². The van der Waals surface area contributed by atoms with Crippen LogP contribution in [0.25, 0.3) is 0 Å². The van der Waals surface area contributed by atoms with Crippen LogP contribution < -0.4 is 10.1 Å². The Morgan fingerprint density at radius 3 is 2.68 bits per heavy atom. The van der Waals surface area contributed by atoms with Gasteiger partial charge in [0, 0.05) is 12.7 Å². The Balaban J connectivity index is 2.33. The topological polar surface area (TPSA) is 72.8 Å². The molecule has 0 fully saturated rings. The number of anilines is 1. The SMILES string of the molecule is CCc1nc(C)ccc1Oc1nc(Cl)nc(NC)n1. The van der Waals surface area contributed by atoms with E-state index in [0.29, 0.717) is 11.7 Å². The highest BCUT2D eigenvalue weighted by Crippen LogP contribution is 2.23. The first-order valence-electron chi connectivity index (χ1n) is 5.86. The molecule has 19 heavy (non-hydrogen) atoms. The largest absolute Gasteiger partial charge is 0.422 e. The van der Waals surface area contributed by atoms with Crippen LogP contribution >= 0.6 is 11.6 Å². The molecule has 100 valence electrons. The van der Waals surface area contributed by atoms with Crippen molar-refractivity contribution < 1.29 is 4.74 Å². The maximum atomic E-state index is 5.80. The number of aromatic nitrogens is 4. The van der Waals surface area contributed by atoms with E-state index in [-0.39, 0.29) is 11.3 Å². The lowest BCUT2D eigenvalue weighted by molar-refractivity contribution is 0.432. The fraction of sp³-hybridized carbons (Fsp3) is 0.333. The summed E-state index contributed by atoms with van der Waals surface area (Å²) in [5.41, 5.74) is 1.79. The highest BCUT2D eigenvalue weighted by atomic mass is 35.5. The van der Waals surface area contributed by atoms with Crippen molar-refractivity contribution in [1.29, 1.82) is 0 Å². The second-order valence-electron chi connectivity index (χ2n) is 3.81. The molecule has 7 heteroatoms. The zero-order chi connectivity index (χ0) is 13.8. The van der Waals surface area contributed by atoms with E-state index in [2.05, 4.69) is 25.3 Å². The van der Waals surface area contributed by atoms with Gasteiger partial charge in [-0.1, -0.05) is 6.92 Å². The Morgan fingerprint density at radius 2 is 2.00 bits per heavy atom. The van der Waals surface area contributed by atoms with Crippen LogP contribution in [0.4, 0.5) is 5.95 Å². The van der Waals surface area contributed by atoms with Gasteiger partial charge in [-0.15, -0.1) is 0 Å². The summed E-state index contributed by atoms with van der Waals surface area (Å²) in [6.07, 6.45) is 0.759. The minimum absolute atomic E-state index is 0.0764. The number of hydrogen-bond acceptors (Lipinski definition) is 6. The van der Waals surface area contributed by atoms with Gasteiger partial charge in [-0.3, -0.25) is 4.98 Å². The molecule has 0 aliphatic carbocycles. The molecule has 1 N–H and O–H groups in total. The molecule has 0 amide bonds. The predicted octanol–water partition coefficient (Wildman–Crippen LogP) is 2.62. The molecule has 0 saturated carbocycles. The summed E-state index contributed by atoms with van der Waals surface area (Å²) >= 11 is 5.80. The first-order chi connectivity index (χ1) is 9.12. The average molecular weight is 280 g/mol. The zero-order valence-corrected chi connectivity index (χ0v) is 11.7. The number of nitrogens with zero attached hydrogens (tertiary/aromatic N) is 4. The molecule has 0 aliphatic rings. The molecule has 0 bridgehead atoms. The molecular formula is C12H14ClN5O. The van der Waals surface area contributed by atoms with Gasteiger partial charge in [-0.25, -0.2) is 0 Å². The van der Waals surface area contributed by atoms with Gasteiger partial charge in [-0.2, -0.15) is 15.0 Å². The van der Waals surface area contributed by atoms with Crippen molar-refractivity contribution in [2.24, 2.45) is 0 Å². The van der Waals surface area contributed by atoms with E-state index >= 15 is 0 Å². The van der Waals surface area contributed by atoms with E-state index < -0.39 is 0 Å². The number of nitrogens with one attached hydrogen (secondary N) is 1. The third kappa shape index (κ3) is 3.29. The average Bonchev–Trinajstić information content (AvgIpc) is 2.40. The predicted molar refractivity (Wildman–Crippen MR) is 72.8 cm³/mol. The van der Waals surface area contributed by atoms with Crippen molar-refractivity contribution in [3.63, 3.8) is 0 Å². The van der Waals surface area contributed by atoms with Crippen molar-refractivity contribution in [2.45, 2.75) is 20.3 Å². The number of pyridine rings is 1.